The molecule has 0 spiro atoms. The van der Waals surface area contributed by atoms with E-state index in [2.05, 4.69) is 5.32 Å². The second-order valence-corrected chi connectivity index (χ2v) is 2.20. The number of rotatable bonds is 1. The van der Waals surface area contributed by atoms with Crippen LogP contribution in [0, 0.1) is 5.92 Å². The van der Waals surface area contributed by atoms with Crippen LogP contribution in [0.2, 0.25) is 0 Å². The minimum absolute atomic E-state index is 0.282. The van der Waals surface area contributed by atoms with Gasteiger partial charge in [0.05, 0.1) is 0 Å². The number of hydrogen-bond donors (Lipinski definition) is 2. The average Bonchev–Trinajstić information content (AvgIpc) is 1.61. The third-order valence-corrected chi connectivity index (χ3v) is 1.49. The average molecular weight is 115 g/mol. The lowest BCUT2D eigenvalue weighted by molar-refractivity contribution is -0.143. The summed E-state index contributed by atoms with van der Waals surface area (Å²) in [6.45, 7) is 2.77. The number of carbonyl (C=O) groups is 1. The molecule has 0 radical (unpaired) electrons. The van der Waals surface area contributed by atoms with Crippen molar-refractivity contribution in [3.63, 3.8) is 0 Å². The summed E-state index contributed by atoms with van der Waals surface area (Å²) in [5, 5.41) is 11.1. The Morgan fingerprint density at radius 1 is 1.88 bits per heavy atom. The highest BCUT2D eigenvalue weighted by Crippen LogP contribution is 2.10. The molecule has 2 N–H and O–H groups in total. The number of hydrogen-bond acceptors (Lipinski definition) is 2. The lowest BCUT2D eigenvalue weighted by Gasteiger charge is -2.31. The van der Waals surface area contributed by atoms with E-state index in [1.54, 1.807) is 0 Å². The second kappa shape index (κ2) is 1.74. The van der Waals surface area contributed by atoms with Gasteiger partial charge >= 0.3 is 5.97 Å². The molecule has 46 valence electrons. The van der Waals surface area contributed by atoms with E-state index in [1.165, 1.54) is 0 Å². The van der Waals surface area contributed by atoms with Crippen LogP contribution in [0.25, 0.3) is 0 Å². The molecule has 8 heavy (non-hydrogen) atoms. The van der Waals surface area contributed by atoms with Crippen LogP contribution >= 0.6 is 0 Å². The van der Waals surface area contributed by atoms with Gasteiger partial charge in [-0.25, -0.2) is 0 Å². The maximum absolute atomic E-state index is 10.1. The van der Waals surface area contributed by atoms with Gasteiger partial charge in [-0.15, -0.1) is 0 Å². The molecule has 0 bridgehead atoms. The Bertz CT molecular complexity index is 113. The summed E-state index contributed by atoms with van der Waals surface area (Å²) >= 11 is 0. The van der Waals surface area contributed by atoms with Crippen LogP contribution < -0.4 is 5.32 Å². The highest BCUT2D eigenvalue weighted by Gasteiger charge is 2.31. The Balaban J connectivity index is 2.37. The largest absolute Gasteiger partial charge is 0.480 e. The minimum atomic E-state index is -0.733. The van der Waals surface area contributed by atoms with Gasteiger partial charge in [-0.2, -0.15) is 0 Å². The predicted molar refractivity (Wildman–Crippen MR) is 28.6 cm³/mol. The zero-order valence-electron chi connectivity index (χ0n) is 4.72. The molecular formula is C5H9NO2. The van der Waals surface area contributed by atoms with Crippen molar-refractivity contribution in [3.05, 3.63) is 0 Å². The SMILES string of the molecule is C[C@@H]1CN[C@@H]1C(=O)O. The molecule has 2 atom stereocenters. The quantitative estimate of drug-likeness (QED) is 0.492. The molecule has 1 rings (SSSR count). The van der Waals surface area contributed by atoms with Gasteiger partial charge in [0.1, 0.15) is 6.04 Å². The Labute approximate surface area is 47.7 Å². The number of nitrogens with one attached hydrogen (secondary N) is 1. The van der Waals surface area contributed by atoms with Gasteiger partial charge in [-0.3, -0.25) is 4.79 Å². The fraction of sp³-hybridized carbons (Fsp3) is 0.800. The van der Waals surface area contributed by atoms with E-state index in [0.717, 1.165) is 6.54 Å². The summed E-state index contributed by atoms with van der Waals surface area (Å²) in [7, 11) is 0. The van der Waals surface area contributed by atoms with E-state index in [4.69, 9.17) is 5.11 Å². The number of carboxylic acids is 1. The lowest BCUT2D eigenvalue weighted by atomic mass is 9.94. The highest BCUT2D eigenvalue weighted by atomic mass is 16.4. The standard InChI is InChI=1S/C5H9NO2/c1-3-2-6-4(3)5(7)8/h3-4,6H,2H2,1H3,(H,7,8)/t3-,4+/m1/s1. The third kappa shape index (κ3) is 0.690. The molecule has 3 nitrogen and oxygen atoms in total. The van der Waals surface area contributed by atoms with Crippen LogP contribution in [0.4, 0.5) is 0 Å². The maximum Gasteiger partial charge on any atom is 0.321 e. The fourth-order valence-corrected chi connectivity index (χ4v) is 0.802. The summed E-state index contributed by atoms with van der Waals surface area (Å²) in [4.78, 5) is 10.1. The summed E-state index contributed by atoms with van der Waals surface area (Å²) in [5.41, 5.74) is 0. The van der Waals surface area contributed by atoms with Gasteiger partial charge in [0.15, 0.2) is 0 Å². The van der Waals surface area contributed by atoms with Crippen molar-refractivity contribution < 1.29 is 9.90 Å². The normalized spacial score (nSPS) is 36.1. The molecule has 1 aliphatic heterocycles. The van der Waals surface area contributed by atoms with Crippen molar-refractivity contribution in [1.82, 2.24) is 5.32 Å². The zero-order valence-corrected chi connectivity index (χ0v) is 4.72. The predicted octanol–water partition coefficient (Wildman–Crippen LogP) is -0.321. The van der Waals surface area contributed by atoms with Crippen LogP contribution in [0.3, 0.4) is 0 Å². The second-order valence-electron chi connectivity index (χ2n) is 2.20. The van der Waals surface area contributed by atoms with Crippen LogP contribution in [0.15, 0.2) is 0 Å². The van der Waals surface area contributed by atoms with Gasteiger partial charge in [-0.1, -0.05) is 6.92 Å². The van der Waals surface area contributed by atoms with E-state index >= 15 is 0 Å². The Morgan fingerprint density at radius 3 is 2.50 bits per heavy atom. The van der Waals surface area contributed by atoms with Crippen molar-refractivity contribution in [2.75, 3.05) is 6.54 Å². The molecule has 0 aliphatic carbocycles. The first-order chi connectivity index (χ1) is 3.72. The third-order valence-electron chi connectivity index (χ3n) is 1.49. The smallest absolute Gasteiger partial charge is 0.321 e. The lowest BCUT2D eigenvalue weighted by Crippen LogP contribution is -2.55. The first kappa shape index (κ1) is 5.56. The molecule has 0 amide bonds. The monoisotopic (exact) mass is 115 g/mol. The van der Waals surface area contributed by atoms with Gasteiger partial charge in [0, 0.05) is 6.54 Å². The van der Waals surface area contributed by atoms with Gasteiger partial charge in [0.25, 0.3) is 0 Å². The molecule has 1 aliphatic rings. The fourth-order valence-electron chi connectivity index (χ4n) is 0.802. The number of aliphatic carboxylic acids is 1. The Kier molecular flexibility index (Phi) is 1.21. The van der Waals surface area contributed by atoms with Crippen LogP contribution in [0.5, 0.6) is 0 Å². The van der Waals surface area contributed by atoms with E-state index < -0.39 is 5.97 Å². The molecule has 1 saturated heterocycles. The Morgan fingerprint density at radius 2 is 2.50 bits per heavy atom. The number of carboxylic acid groups (broad SMARTS) is 1. The van der Waals surface area contributed by atoms with Crippen LogP contribution in [-0.4, -0.2) is 23.7 Å². The first-order valence-electron chi connectivity index (χ1n) is 2.68. The Hall–Kier alpha value is -0.570. The molecule has 1 heterocycles. The van der Waals surface area contributed by atoms with Crippen molar-refractivity contribution in [2.24, 2.45) is 5.92 Å². The molecule has 0 aromatic heterocycles. The molecular weight excluding hydrogens is 106 g/mol. The van der Waals surface area contributed by atoms with Crippen molar-refractivity contribution in [3.8, 4) is 0 Å². The first-order valence-corrected chi connectivity index (χ1v) is 2.68. The zero-order chi connectivity index (χ0) is 6.15. The molecule has 0 aromatic carbocycles. The molecule has 3 heteroatoms. The highest BCUT2D eigenvalue weighted by molar-refractivity contribution is 5.74. The molecule has 0 unspecified atom stereocenters. The van der Waals surface area contributed by atoms with Crippen LogP contribution in [0.1, 0.15) is 6.92 Å². The minimum Gasteiger partial charge on any atom is -0.480 e. The van der Waals surface area contributed by atoms with E-state index in [0.29, 0.717) is 5.92 Å². The molecule has 1 fully saturated rings. The van der Waals surface area contributed by atoms with Crippen molar-refractivity contribution in [1.29, 1.82) is 0 Å². The maximum atomic E-state index is 10.1. The van der Waals surface area contributed by atoms with Crippen molar-refractivity contribution >= 4 is 5.97 Å². The summed E-state index contributed by atoms with van der Waals surface area (Å²) in [6, 6.07) is -0.282. The molecule has 0 aromatic rings. The van der Waals surface area contributed by atoms with E-state index in [-0.39, 0.29) is 6.04 Å². The van der Waals surface area contributed by atoms with Gasteiger partial charge in [-0.05, 0) is 5.92 Å². The topological polar surface area (TPSA) is 49.3 Å². The molecule has 0 saturated carbocycles. The van der Waals surface area contributed by atoms with Gasteiger partial charge in [0.2, 0.25) is 0 Å². The van der Waals surface area contributed by atoms with E-state index in [9.17, 15) is 4.79 Å². The van der Waals surface area contributed by atoms with Crippen molar-refractivity contribution in [2.45, 2.75) is 13.0 Å². The summed E-state index contributed by atoms with van der Waals surface area (Å²) < 4.78 is 0. The summed E-state index contributed by atoms with van der Waals surface area (Å²) in [6.07, 6.45) is 0. The van der Waals surface area contributed by atoms with Crippen LogP contribution in [-0.2, 0) is 4.79 Å². The van der Waals surface area contributed by atoms with E-state index in [1.807, 2.05) is 6.92 Å². The van der Waals surface area contributed by atoms with Gasteiger partial charge < -0.3 is 10.4 Å². The summed E-state index contributed by atoms with van der Waals surface area (Å²) in [5.74, 6) is -0.420.